The van der Waals surface area contributed by atoms with Crippen LogP contribution in [0.5, 0.6) is 0 Å². The van der Waals surface area contributed by atoms with Gasteiger partial charge in [0.2, 0.25) is 0 Å². The van der Waals surface area contributed by atoms with Gasteiger partial charge in [-0.3, -0.25) is 0 Å². The number of nitrogens with one attached hydrogen (secondary N) is 2. The van der Waals surface area contributed by atoms with Gasteiger partial charge in [0.05, 0.1) is 0 Å². The molecule has 2 rings (SSSR count). The van der Waals surface area contributed by atoms with E-state index in [0.717, 1.165) is 25.8 Å². The van der Waals surface area contributed by atoms with Crippen LogP contribution in [0.1, 0.15) is 17.7 Å². The first-order chi connectivity index (χ1) is 9.62. The Morgan fingerprint density at radius 1 is 1.40 bits per heavy atom. The van der Waals surface area contributed by atoms with E-state index in [1.54, 1.807) is 15.6 Å². The Morgan fingerprint density at radius 3 is 2.75 bits per heavy atom. The molecule has 1 aromatic rings. The van der Waals surface area contributed by atoms with E-state index < -0.39 is 10.2 Å². The van der Waals surface area contributed by atoms with E-state index >= 15 is 0 Å². The van der Waals surface area contributed by atoms with Gasteiger partial charge in [0.25, 0.3) is 10.2 Å². The summed E-state index contributed by atoms with van der Waals surface area (Å²) in [7, 11) is -1.37. The maximum absolute atomic E-state index is 12.2. The van der Waals surface area contributed by atoms with E-state index in [2.05, 4.69) is 10.0 Å². The van der Waals surface area contributed by atoms with E-state index in [0.29, 0.717) is 25.6 Å². The zero-order valence-electron chi connectivity index (χ0n) is 11.8. The highest BCUT2D eigenvalue weighted by atomic mass is 32.2. The summed E-state index contributed by atoms with van der Waals surface area (Å²) in [5.41, 5.74) is 0. The molecule has 20 heavy (non-hydrogen) atoms. The maximum atomic E-state index is 12.2. The molecule has 0 atom stereocenters. The van der Waals surface area contributed by atoms with Crippen molar-refractivity contribution in [3.8, 4) is 0 Å². The summed E-state index contributed by atoms with van der Waals surface area (Å²) in [6, 6.07) is 4.02. The summed E-state index contributed by atoms with van der Waals surface area (Å²) in [5.74, 6) is 0.595. The van der Waals surface area contributed by atoms with Crippen LogP contribution in [0.3, 0.4) is 0 Å². The highest BCUT2D eigenvalue weighted by Gasteiger charge is 2.27. The van der Waals surface area contributed by atoms with Gasteiger partial charge in [0, 0.05) is 24.5 Å². The van der Waals surface area contributed by atoms with Gasteiger partial charge in [-0.2, -0.15) is 12.7 Å². The Hall–Kier alpha value is -0.470. The fourth-order valence-corrected chi connectivity index (χ4v) is 4.43. The number of thiophene rings is 1. The molecule has 1 aliphatic heterocycles. The lowest BCUT2D eigenvalue weighted by Crippen LogP contribution is -2.46. The Balaban J connectivity index is 1.76. The van der Waals surface area contributed by atoms with Crippen molar-refractivity contribution in [3.05, 3.63) is 22.4 Å². The van der Waals surface area contributed by atoms with Crippen LogP contribution in [-0.4, -0.2) is 45.9 Å². The summed E-state index contributed by atoms with van der Waals surface area (Å²) in [6.45, 7) is 2.69. The Bertz CT molecular complexity index is 480. The monoisotopic (exact) mass is 317 g/mol. The van der Waals surface area contributed by atoms with Crippen molar-refractivity contribution in [1.29, 1.82) is 0 Å². The number of hydrogen-bond donors (Lipinski definition) is 2. The van der Waals surface area contributed by atoms with Crippen LogP contribution >= 0.6 is 11.3 Å². The van der Waals surface area contributed by atoms with Crippen molar-refractivity contribution in [2.45, 2.75) is 19.3 Å². The quantitative estimate of drug-likeness (QED) is 0.790. The van der Waals surface area contributed by atoms with Crippen molar-refractivity contribution in [2.24, 2.45) is 5.92 Å². The third-order valence-electron chi connectivity index (χ3n) is 3.64. The normalized spacial score (nSPS) is 18.4. The summed E-state index contributed by atoms with van der Waals surface area (Å²) < 4.78 is 28.6. The van der Waals surface area contributed by atoms with Gasteiger partial charge in [-0.1, -0.05) is 6.07 Å². The number of piperidine rings is 1. The van der Waals surface area contributed by atoms with Gasteiger partial charge < -0.3 is 5.32 Å². The Kier molecular flexibility index (Phi) is 5.98. The van der Waals surface area contributed by atoms with Gasteiger partial charge in [-0.05, 0) is 50.2 Å². The molecule has 114 valence electrons. The molecule has 2 N–H and O–H groups in total. The van der Waals surface area contributed by atoms with E-state index in [9.17, 15) is 8.42 Å². The molecule has 7 heteroatoms. The van der Waals surface area contributed by atoms with Crippen LogP contribution in [0.2, 0.25) is 0 Å². The standard InChI is InChI=1S/C13H23N3O2S2/c1-14-11-12-5-8-16(9-6-12)20(17,18)15-7-4-13-3-2-10-19-13/h2-3,10,12,14-15H,4-9,11H2,1H3. The fourth-order valence-electron chi connectivity index (χ4n) is 2.49. The van der Waals surface area contributed by atoms with Crippen molar-refractivity contribution in [1.82, 2.24) is 14.3 Å². The first kappa shape index (κ1) is 15.9. The second-order valence-corrected chi connectivity index (χ2v) is 7.92. The Labute approximate surface area is 125 Å². The molecular formula is C13H23N3O2S2. The van der Waals surface area contributed by atoms with E-state index in [1.807, 2.05) is 24.6 Å². The molecule has 0 radical (unpaired) electrons. The summed E-state index contributed by atoms with van der Waals surface area (Å²) >= 11 is 1.66. The largest absolute Gasteiger partial charge is 0.319 e. The van der Waals surface area contributed by atoms with Crippen LogP contribution < -0.4 is 10.0 Å². The molecule has 1 aliphatic rings. The Morgan fingerprint density at radius 2 is 2.15 bits per heavy atom. The second-order valence-electron chi connectivity index (χ2n) is 5.13. The van der Waals surface area contributed by atoms with Gasteiger partial charge in [0.15, 0.2) is 0 Å². The maximum Gasteiger partial charge on any atom is 0.279 e. The molecule has 1 saturated heterocycles. The minimum Gasteiger partial charge on any atom is -0.319 e. The number of hydrogen-bond acceptors (Lipinski definition) is 4. The molecule has 5 nitrogen and oxygen atoms in total. The highest BCUT2D eigenvalue weighted by molar-refractivity contribution is 7.87. The lowest BCUT2D eigenvalue weighted by molar-refractivity contribution is 0.268. The van der Waals surface area contributed by atoms with Crippen molar-refractivity contribution in [3.63, 3.8) is 0 Å². The third kappa shape index (κ3) is 4.53. The molecule has 1 fully saturated rings. The lowest BCUT2D eigenvalue weighted by atomic mass is 9.98. The molecule has 0 saturated carbocycles. The van der Waals surface area contributed by atoms with Crippen molar-refractivity contribution < 1.29 is 8.42 Å². The van der Waals surface area contributed by atoms with Crippen LogP contribution in [0.4, 0.5) is 0 Å². The summed E-state index contributed by atoms with van der Waals surface area (Å²) in [4.78, 5) is 1.21. The minimum absolute atomic E-state index is 0.472. The molecule has 1 aromatic heterocycles. The van der Waals surface area contributed by atoms with E-state index in [-0.39, 0.29) is 0 Å². The van der Waals surface area contributed by atoms with Gasteiger partial charge >= 0.3 is 0 Å². The molecule has 0 amide bonds. The zero-order chi connectivity index (χ0) is 14.4. The predicted molar refractivity (Wildman–Crippen MR) is 83.2 cm³/mol. The molecule has 0 spiro atoms. The average molecular weight is 317 g/mol. The average Bonchev–Trinajstić information content (AvgIpc) is 2.93. The SMILES string of the molecule is CNCC1CCN(S(=O)(=O)NCCc2cccs2)CC1. The van der Waals surface area contributed by atoms with Gasteiger partial charge in [-0.25, -0.2) is 4.72 Å². The van der Waals surface area contributed by atoms with Crippen molar-refractivity contribution in [2.75, 3.05) is 33.2 Å². The third-order valence-corrected chi connectivity index (χ3v) is 6.19. The zero-order valence-corrected chi connectivity index (χ0v) is 13.5. The van der Waals surface area contributed by atoms with Crippen LogP contribution in [0, 0.1) is 5.92 Å². The molecule has 0 aromatic carbocycles. The van der Waals surface area contributed by atoms with Crippen LogP contribution in [-0.2, 0) is 16.6 Å². The topological polar surface area (TPSA) is 61.4 Å². The fraction of sp³-hybridized carbons (Fsp3) is 0.692. The summed E-state index contributed by atoms with van der Waals surface area (Å²) in [6.07, 6.45) is 2.63. The molecule has 0 aliphatic carbocycles. The van der Waals surface area contributed by atoms with E-state index in [1.165, 1.54) is 4.88 Å². The predicted octanol–water partition coefficient (Wildman–Crippen LogP) is 1.06. The number of rotatable bonds is 7. The highest BCUT2D eigenvalue weighted by Crippen LogP contribution is 2.18. The lowest BCUT2D eigenvalue weighted by Gasteiger charge is -2.31. The molecule has 2 heterocycles. The molecule has 0 unspecified atom stereocenters. The first-order valence-electron chi connectivity index (χ1n) is 7.03. The van der Waals surface area contributed by atoms with Crippen LogP contribution in [0.25, 0.3) is 0 Å². The van der Waals surface area contributed by atoms with Crippen molar-refractivity contribution >= 4 is 21.5 Å². The van der Waals surface area contributed by atoms with Gasteiger partial charge in [0.1, 0.15) is 0 Å². The minimum atomic E-state index is -3.31. The smallest absolute Gasteiger partial charge is 0.279 e. The first-order valence-corrected chi connectivity index (χ1v) is 9.35. The summed E-state index contributed by atoms with van der Waals surface area (Å²) in [5, 5.41) is 5.17. The van der Waals surface area contributed by atoms with Gasteiger partial charge in [-0.15, -0.1) is 11.3 Å². The second kappa shape index (κ2) is 7.51. The van der Waals surface area contributed by atoms with Crippen LogP contribution in [0.15, 0.2) is 17.5 Å². The molecular weight excluding hydrogens is 294 g/mol. The van der Waals surface area contributed by atoms with E-state index in [4.69, 9.17) is 0 Å². The molecule has 0 bridgehead atoms. The number of nitrogens with zero attached hydrogens (tertiary/aromatic N) is 1.